The molecule has 0 bridgehead atoms. The zero-order chi connectivity index (χ0) is 10.2. The van der Waals surface area contributed by atoms with Gasteiger partial charge in [0.15, 0.2) is 0 Å². The van der Waals surface area contributed by atoms with Gasteiger partial charge >= 0.3 is 0 Å². The number of imidazole rings is 1. The van der Waals surface area contributed by atoms with Crippen LogP contribution in [0.4, 0.5) is 0 Å². The number of rotatable bonds is 1. The molecule has 0 amide bonds. The minimum atomic E-state index is -0.617. The number of nitrogens with zero attached hydrogens (tertiary/aromatic N) is 2. The number of aryl methyl sites for hydroxylation is 1. The first kappa shape index (κ1) is 9.71. The zero-order valence-corrected chi connectivity index (χ0v) is 8.95. The SMILES string of the molecule is Cc1ncc(C2(O)CCCCC2)n1C. The third-order valence-electron chi connectivity index (χ3n) is 3.38. The highest BCUT2D eigenvalue weighted by atomic mass is 16.3. The molecule has 3 heteroatoms. The topological polar surface area (TPSA) is 38.1 Å². The normalized spacial score (nSPS) is 21.1. The van der Waals surface area contributed by atoms with Crippen molar-refractivity contribution < 1.29 is 5.11 Å². The Labute approximate surface area is 84.8 Å². The Morgan fingerprint density at radius 3 is 2.50 bits per heavy atom. The van der Waals surface area contributed by atoms with Gasteiger partial charge in [-0.15, -0.1) is 0 Å². The maximum atomic E-state index is 10.5. The van der Waals surface area contributed by atoms with Crippen molar-refractivity contribution in [2.75, 3.05) is 0 Å². The molecule has 1 N–H and O–H groups in total. The zero-order valence-electron chi connectivity index (χ0n) is 8.95. The first-order chi connectivity index (χ1) is 6.63. The molecule has 14 heavy (non-hydrogen) atoms. The number of hydrogen-bond acceptors (Lipinski definition) is 2. The van der Waals surface area contributed by atoms with Gasteiger partial charge in [-0.25, -0.2) is 4.98 Å². The van der Waals surface area contributed by atoms with Crippen LogP contribution in [-0.4, -0.2) is 14.7 Å². The molecule has 0 unspecified atom stereocenters. The third-order valence-corrected chi connectivity index (χ3v) is 3.38. The summed E-state index contributed by atoms with van der Waals surface area (Å²) in [7, 11) is 1.98. The molecule has 0 atom stereocenters. The average molecular weight is 194 g/mol. The Bertz CT molecular complexity index is 324. The second-order valence-corrected chi connectivity index (χ2v) is 4.34. The van der Waals surface area contributed by atoms with E-state index in [1.807, 2.05) is 24.7 Å². The van der Waals surface area contributed by atoms with E-state index in [0.717, 1.165) is 37.2 Å². The fourth-order valence-corrected chi connectivity index (χ4v) is 2.33. The maximum Gasteiger partial charge on any atom is 0.106 e. The molecule has 0 radical (unpaired) electrons. The van der Waals surface area contributed by atoms with Crippen LogP contribution in [0.3, 0.4) is 0 Å². The Balaban J connectivity index is 2.32. The fourth-order valence-electron chi connectivity index (χ4n) is 2.33. The van der Waals surface area contributed by atoms with E-state index in [1.165, 1.54) is 6.42 Å². The van der Waals surface area contributed by atoms with Crippen molar-refractivity contribution in [3.05, 3.63) is 17.7 Å². The molecule has 0 aromatic carbocycles. The van der Waals surface area contributed by atoms with Gasteiger partial charge in [0.05, 0.1) is 11.9 Å². The fraction of sp³-hybridized carbons (Fsp3) is 0.727. The van der Waals surface area contributed by atoms with Crippen LogP contribution in [0.15, 0.2) is 6.20 Å². The summed E-state index contributed by atoms with van der Waals surface area (Å²) < 4.78 is 2.01. The summed E-state index contributed by atoms with van der Waals surface area (Å²) in [5.74, 6) is 0.971. The lowest BCUT2D eigenvalue weighted by atomic mass is 9.82. The molecule has 3 nitrogen and oxygen atoms in total. The van der Waals surface area contributed by atoms with Crippen molar-refractivity contribution >= 4 is 0 Å². The summed E-state index contributed by atoms with van der Waals surface area (Å²) in [6.45, 7) is 1.97. The minimum absolute atomic E-state index is 0.617. The summed E-state index contributed by atoms with van der Waals surface area (Å²) >= 11 is 0. The van der Waals surface area contributed by atoms with Gasteiger partial charge in [0.1, 0.15) is 11.4 Å². The van der Waals surface area contributed by atoms with Gasteiger partial charge in [-0.2, -0.15) is 0 Å². The van der Waals surface area contributed by atoms with E-state index in [-0.39, 0.29) is 0 Å². The van der Waals surface area contributed by atoms with E-state index in [0.29, 0.717) is 0 Å². The smallest absolute Gasteiger partial charge is 0.106 e. The highest BCUT2D eigenvalue weighted by Crippen LogP contribution is 2.36. The van der Waals surface area contributed by atoms with Gasteiger partial charge < -0.3 is 9.67 Å². The first-order valence-electron chi connectivity index (χ1n) is 5.35. The number of aromatic nitrogens is 2. The summed E-state index contributed by atoms with van der Waals surface area (Å²) in [5, 5.41) is 10.5. The molecule has 1 aromatic heterocycles. The lowest BCUT2D eigenvalue weighted by Gasteiger charge is -2.32. The van der Waals surface area contributed by atoms with Gasteiger partial charge in [-0.05, 0) is 19.8 Å². The van der Waals surface area contributed by atoms with Gasteiger partial charge in [-0.3, -0.25) is 0 Å². The quantitative estimate of drug-likeness (QED) is 0.741. The predicted molar refractivity (Wildman–Crippen MR) is 54.9 cm³/mol. The van der Waals surface area contributed by atoms with Crippen LogP contribution in [0.1, 0.15) is 43.6 Å². The lowest BCUT2D eigenvalue weighted by Crippen LogP contribution is -2.30. The molecular weight excluding hydrogens is 176 g/mol. The van der Waals surface area contributed by atoms with Crippen LogP contribution in [0.5, 0.6) is 0 Å². The third kappa shape index (κ3) is 1.46. The second-order valence-electron chi connectivity index (χ2n) is 4.34. The Hall–Kier alpha value is -0.830. The van der Waals surface area contributed by atoms with Crippen LogP contribution < -0.4 is 0 Å². The van der Waals surface area contributed by atoms with E-state index in [4.69, 9.17) is 0 Å². The highest BCUT2D eigenvalue weighted by molar-refractivity contribution is 5.14. The van der Waals surface area contributed by atoms with Crippen LogP contribution in [0.25, 0.3) is 0 Å². The molecular formula is C11H18N2O. The van der Waals surface area contributed by atoms with Gasteiger partial charge in [0.2, 0.25) is 0 Å². The second kappa shape index (κ2) is 3.39. The van der Waals surface area contributed by atoms with E-state index in [2.05, 4.69) is 4.98 Å². The molecule has 2 rings (SSSR count). The number of hydrogen-bond donors (Lipinski definition) is 1. The van der Waals surface area contributed by atoms with Crippen molar-refractivity contribution in [1.82, 2.24) is 9.55 Å². The van der Waals surface area contributed by atoms with Crippen LogP contribution in [-0.2, 0) is 12.6 Å². The van der Waals surface area contributed by atoms with Crippen molar-refractivity contribution in [2.24, 2.45) is 7.05 Å². The molecule has 1 aliphatic carbocycles. The monoisotopic (exact) mass is 194 g/mol. The van der Waals surface area contributed by atoms with E-state index >= 15 is 0 Å². The largest absolute Gasteiger partial charge is 0.384 e. The summed E-state index contributed by atoms with van der Waals surface area (Å²) in [5.41, 5.74) is 0.364. The highest BCUT2D eigenvalue weighted by Gasteiger charge is 2.33. The predicted octanol–water partition coefficient (Wildman–Crippen LogP) is 1.88. The molecule has 1 aliphatic rings. The Morgan fingerprint density at radius 2 is 2.00 bits per heavy atom. The van der Waals surface area contributed by atoms with Crippen LogP contribution in [0.2, 0.25) is 0 Å². The van der Waals surface area contributed by atoms with Crippen molar-refractivity contribution in [3.8, 4) is 0 Å². The summed E-state index contributed by atoms with van der Waals surface area (Å²) in [6, 6.07) is 0. The lowest BCUT2D eigenvalue weighted by molar-refractivity contribution is -0.00721. The van der Waals surface area contributed by atoms with E-state index < -0.39 is 5.60 Å². The van der Waals surface area contributed by atoms with Crippen LogP contribution in [0, 0.1) is 6.92 Å². The van der Waals surface area contributed by atoms with Crippen molar-refractivity contribution in [1.29, 1.82) is 0 Å². The Kier molecular flexibility index (Phi) is 2.35. The van der Waals surface area contributed by atoms with Crippen LogP contribution >= 0.6 is 0 Å². The van der Waals surface area contributed by atoms with Gasteiger partial charge in [-0.1, -0.05) is 19.3 Å². The number of aliphatic hydroxyl groups is 1. The Morgan fingerprint density at radius 1 is 1.36 bits per heavy atom. The summed E-state index contributed by atoms with van der Waals surface area (Å²) in [6.07, 6.45) is 7.08. The maximum absolute atomic E-state index is 10.5. The van der Waals surface area contributed by atoms with Crippen molar-refractivity contribution in [2.45, 2.75) is 44.6 Å². The molecule has 0 saturated heterocycles. The first-order valence-corrected chi connectivity index (χ1v) is 5.35. The van der Waals surface area contributed by atoms with E-state index in [1.54, 1.807) is 0 Å². The molecule has 0 aliphatic heterocycles. The molecule has 78 valence electrons. The van der Waals surface area contributed by atoms with E-state index in [9.17, 15) is 5.11 Å². The summed E-state index contributed by atoms with van der Waals surface area (Å²) in [4.78, 5) is 4.24. The standard InChI is InChI=1S/C11H18N2O/c1-9-12-8-10(13(9)2)11(14)6-4-3-5-7-11/h8,14H,3-7H2,1-2H3. The van der Waals surface area contributed by atoms with Gasteiger partial charge in [0.25, 0.3) is 0 Å². The average Bonchev–Trinajstić information content (AvgIpc) is 2.49. The minimum Gasteiger partial charge on any atom is -0.384 e. The molecule has 1 saturated carbocycles. The molecule has 1 aromatic rings. The van der Waals surface area contributed by atoms with Gasteiger partial charge in [0, 0.05) is 7.05 Å². The molecule has 0 spiro atoms. The van der Waals surface area contributed by atoms with Crippen molar-refractivity contribution in [3.63, 3.8) is 0 Å². The molecule has 1 fully saturated rings. The molecule has 1 heterocycles.